The molecule has 0 aliphatic rings. The Hall–Kier alpha value is -4.31. The number of nitrogen functional groups attached to an aromatic ring is 1. The maximum atomic E-state index is 13.6. The van der Waals surface area contributed by atoms with Crippen molar-refractivity contribution in [2.45, 2.75) is 13.0 Å². The summed E-state index contributed by atoms with van der Waals surface area (Å²) in [5.41, 5.74) is 7.78. The fourth-order valence-corrected chi connectivity index (χ4v) is 4.16. The van der Waals surface area contributed by atoms with Crippen LogP contribution in [0, 0.1) is 0 Å². The molecule has 1 atom stereocenters. The average Bonchev–Trinajstić information content (AvgIpc) is 3.25. The van der Waals surface area contributed by atoms with E-state index in [1.807, 2.05) is 55.5 Å². The van der Waals surface area contributed by atoms with Crippen molar-refractivity contribution in [1.82, 2.24) is 34.7 Å². The molecule has 0 aliphatic carbocycles. The highest BCUT2D eigenvalue weighted by molar-refractivity contribution is 6.35. The van der Waals surface area contributed by atoms with Gasteiger partial charge in [-0.25, -0.2) is 9.97 Å². The van der Waals surface area contributed by atoms with Crippen molar-refractivity contribution in [2.75, 3.05) is 11.1 Å². The molecule has 5 rings (SSSR count). The molecule has 0 radical (unpaired) electrons. The Kier molecular flexibility index (Phi) is 5.42. The Morgan fingerprint density at radius 1 is 1.09 bits per heavy atom. The lowest BCUT2D eigenvalue weighted by atomic mass is 10.1. The number of hydrogen-bond acceptors (Lipinski definition) is 8. The third-order valence-electron chi connectivity index (χ3n) is 5.44. The van der Waals surface area contributed by atoms with E-state index in [4.69, 9.17) is 17.3 Å². The van der Waals surface area contributed by atoms with Crippen molar-refractivity contribution in [3.63, 3.8) is 0 Å². The molecule has 0 amide bonds. The average molecular weight is 474 g/mol. The standard InChI is InChI=1S/C23H20ClN9O/c1-13(28-21-19(20(25)26-12-27-21)22-29-31-32(2)30-22)17-11-14-7-6-10-16(24)18(14)23(34)33(17)15-8-4-3-5-9-15/h3-13H,1-2H3,(H3,25,26,27,28)/t13-/m0/s1. The van der Waals surface area contributed by atoms with Crippen molar-refractivity contribution in [3.8, 4) is 17.1 Å². The third kappa shape index (κ3) is 3.73. The van der Waals surface area contributed by atoms with Gasteiger partial charge in [0.2, 0.25) is 5.82 Å². The van der Waals surface area contributed by atoms with Crippen LogP contribution in [0.25, 0.3) is 27.8 Å². The highest BCUT2D eigenvalue weighted by Crippen LogP contribution is 2.31. The van der Waals surface area contributed by atoms with Gasteiger partial charge in [0.1, 0.15) is 23.5 Å². The minimum Gasteiger partial charge on any atom is -0.383 e. The van der Waals surface area contributed by atoms with Crippen molar-refractivity contribution >= 4 is 34.0 Å². The molecule has 0 fully saturated rings. The van der Waals surface area contributed by atoms with Crippen LogP contribution in [0.4, 0.5) is 11.6 Å². The topological polar surface area (TPSA) is 129 Å². The lowest BCUT2D eigenvalue weighted by molar-refractivity contribution is 0.630. The second-order valence-corrected chi connectivity index (χ2v) is 8.11. The Balaban J connectivity index is 1.68. The number of hydrogen-bond donors (Lipinski definition) is 2. The quantitative estimate of drug-likeness (QED) is 0.397. The number of aryl methyl sites for hydroxylation is 1. The maximum absolute atomic E-state index is 13.6. The van der Waals surface area contributed by atoms with Crippen LogP contribution in [0.2, 0.25) is 5.02 Å². The van der Waals surface area contributed by atoms with Gasteiger partial charge in [-0.15, -0.1) is 10.2 Å². The van der Waals surface area contributed by atoms with Crippen molar-refractivity contribution in [2.24, 2.45) is 7.05 Å². The number of nitrogens with one attached hydrogen (secondary N) is 1. The molecule has 5 aromatic rings. The molecule has 10 nitrogen and oxygen atoms in total. The summed E-state index contributed by atoms with van der Waals surface area (Å²) in [5, 5.41) is 17.1. The largest absolute Gasteiger partial charge is 0.383 e. The molecule has 0 saturated heterocycles. The van der Waals surface area contributed by atoms with Gasteiger partial charge in [0.15, 0.2) is 0 Å². The van der Waals surface area contributed by atoms with Crippen LogP contribution in [0.15, 0.2) is 65.7 Å². The van der Waals surface area contributed by atoms with E-state index in [1.165, 1.54) is 11.1 Å². The zero-order valence-electron chi connectivity index (χ0n) is 18.3. The first-order chi connectivity index (χ1) is 16.4. The number of fused-ring (bicyclic) bond motifs is 1. The van der Waals surface area contributed by atoms with Crippen molar-refractivity contribution in [3.05, 3.63) is 82.0 Å². The van der Waals surface area contributed by atoms with Crippen molar-refractivity contribution < 1.29 is 0 Å². The minimum absolute atomic E-state index is 0.212. The van der Waals surface area contributed by atoms with Gasteiger partial charge in [0.05, 0.1) is 23.5 Å². The van der Waals surface area contributed by atoms with Crippen LogP contribution >= 0.6 is 11.6 Å². The van der Waals surface area contributed by atoms with Crippen LogP contribution in [-0.2, 0) is 7.05 Å². The molecule has 11 heteroatoms. The Labute approximate surface area is 199 Å². The summed E-state index contributed by atoms with van der Waals surface area (Å²) in [4.78, 5) is 23.4. The first-order valence-corrected chi connectivity index (χ1v) is 10.8. The first kappa shape index (κ1) is 21.5. The van der Waals surface area contributed by atoms with Gasteiger partial charge in [-0.2, -0.15) is 4.80 Å². The zero-order valence-corrected chi connectivity index (χ0v) is 19.1. The van der Waals surface area contributed by atoms with E-state index in [0.29, 0.717) is 33.3 Å². The van der Waals surface area contributed by atoms with Gasteiger partial charge >= 0.3 is 0 Å². The smallest absolute Gasteiger partial charge is 0.264 e. The molecule has 34 heavy (non-hydrogen) atoms. The number of nitrogens with two attached hydrogens (primary N) is 1. The summed E-state index contributed by atoms with van der Waals surface area (Å²) in [6.07, 6.45) is 1.36. The Morgan fingerprint density at radius 2 is 1.88 bits per heavy atom. The fourth-order valence-electron chi connectivity index (χ4n) is 3.89. The Bertz CT molecular complexity index is 1560. The lowest BCUT2D eigenvalue weighted by Gasteiger charge is -2.22. The molecule has 170 valence electrons. The van der Waals surface area contributed by atoms with Gasteiger partial charge in [-0.05, 0) is 41.8 Å². The molecule has 0 saturated carbocycles. The van der Waals surface area contributed by atoms with E-state index in [0.717, 1.165) is 11.1 Å². The number of rotatable bonds is 5. The molecule has 0 unspecified atom stereocenters. The number of tetrazole rings is 1. The highest BCUT2D eigenvalue weighted by atomic mass is 35.5. The molecule has 2 aromatic carbocycles. The Morgan fingerprint density at radius 3 is 2.62 bits per heavy atom. The SMILES string of the molecule is C[C@H](Nc1ncnc(N)c1-c1nnn(C)n1)c1cc2cccc(Cl)c2c(=O)n1-c1ccccc1. The molecular weight excluding hydrogens is 454 g/mol. The van der Waals surface area contributed by atoms with Crippen LogP contribution in [0.3, 0.4) is 0 Å². The maximum Gasteiger partial charge on any atom is 0.264 e. The highest BCUT2D eigenvalue weighted by Gasteiger charge is 2.22. The van der Waals surface area contributed by atoms with Gasteiger partial charge in [-0.1, -0.05) is 41.9 Å². The van der Waals surface area contributed by atoms with E-state index < -0.39 is 0 Å². The van der Waals surface area contributed by atoms with Gasteiger partial charge < -0.3 is 11.1 Å². The number of pyridine rings is 1. The van der Waals surface area contributed by atoms with E-state index in [1.54, 1.807) is 17.7 Å². The number of para-hydroxylation sites is 1. The van der Waals surface area contributed by atoms with Crippen LogP contribution < -0.4 is 16.6 Å². The third-order valence-corrected chi connectivity index (χ3v) is 5.76. The minimum atomic E-state index is -0.374. The molecule has 3 heterocycles. The molecule has 3 N–H and O–H groups in total. The lowest BCUT2D eigenvalue weighted by Crippen LogP contribution is -2.26. The van der Waals surface area contributed by atoms with Gasteiger partial charge in [0, 0.05) is 11.4 Å². The van der Waals surface area contributed by atoms with E-state index in [-0.39, 0.29) is 17.4 Å². The molecule has 0 spiro atoms. The van der Waals surface area contributed by atoms with E-state index in [9.17, 15) is 4.79 Å². The summed E-state index contributed by atoms with van der Waals surface area (Å²) < 4.78 is 1.65. The monoisotopic (exact) mass is 473 g/mol. The molecule has 0 aliphatic heterocycles. The second kappa shape index (κ2) is 8.56. The summed E-state index contributed by atoms with van der Waals surface area (Å²) in [7, 11) is 1.66. The summed E-state index contributed by atoms with van der Waals surface area (Å²) in [5.74, 6) is 0.927. The molecule has 0 bridgehead atoms. The molecular formula is C23H20ClN9O. The van der Waals surface area contributed by atoms with Gasteiger partial charge in [0.25, 0.3) is 5.56 Å². The number of benzene rings is 2. The second-order valence-electron chi connectivity index (χ2n) is 7.70. The summed E-state index contributed by atoms with van der Waals surface area (Å²) in [6.45, 7) is 1.93. The van der Waals surface area contributed by atoms with Crippen molar-refractivity contribution in [1.29, 1.82) is 0 Å². The zero-order chi connectivity index (χ0) is 23.8. The van der Waals surface area contributed by atoms with E-state index in [2.05, 4.69) is 30.7 Å². The number of aromatic nitrogens is 7. The molecule has 3 aromatic heterocycles. The summed E-state index contributed by atoms with van der Waals surface area (Å²) in [6, 6.07) is 16.4. The number of anilines is 2. The van der Waals surface area contributed by atoms with Gasteiger partial charge in [-0.3, -0.25) is 9.36 Å². The summed E-state index contributed by atoms with van der Waals surface area (Å²) >= 11 is 6.41. The normalized spacial score (nSPS) is 12.1. The predicted octanol–water partition coefficient (Wildman–Crippen LogP) is 3.38. The predicted molar refractivity (Wildman–Crippen MR) is 131 cm³/mol. The first-order valence-electron chi connectivity index (χ1n) is 10.4. The van der Waals surface area contributed by atoms with Crippen LogP contribution in [-0.4, -0.2) is 34.7 Å². The van der Waals surface area contributed by atoms with E-state index >= 15 is 0 Å². The fraction of sp³-hybridized carbons (Fsp3) is 0.130. The number of halogens is 1. The van der Waals surface area contributed by atoms with Crippen LogP contribution in [0.1, 0.15) is 18.7 Å². The number of nitrogens with zero attached hydrogens (tertiary/aromatic N) is 7. The van der Waals surface area contributed by atoms with Crippen LogP contribution in [0.5, 0.6) is 0 Å².